The second-order valence-electron chi connectivity index (χ2n) is 7.94. The third-order valence-corrected chi connectivity index (χ3v) is 5.47. The molecule has 0 spiro atoms. The van der Waals surface area contributed by atoms with Crippen LogP contribution in [-0.2, 0) is 0 Å². The monoisotopic (exact) mass is 431 g/mol. The summed E-state index contributed by atoms with van der Waals surface area (Å²) in [4.78, 5) is 4.53. The maximum absolute atomic E-state index is 5.44. The first-order chi connectivity index (χ1) is 15.4. The van der Waals surface area contributed by atoms with Crippen LogP contribution in [0.4, 0.5) is 5.69 Å². The Labute approximate surface area is 191 Å². The van der Waals surface area contributed by atoms with E-state index in [0.29, 0.717) is 5.88 Å². The summed E-state index contributed by atoms with van der Waals surface area (Å²) in [6.45, 7) is 10.5. The Hall–Kier alpha value is -3.47. The normalized spacial score (nSPS) is 15.2. The maximum atomic E-state index is 5.44. The topological polar surface area (TPSA) is 59.3 Å². The summed E-state index contributed by atoms with van der Waals surface area (Å²) in [5, 5.41) is 7.32. The summed E-state index contributed by atoms with van der Waals surface area (Å²) >= 11 is 0. The van der Waals surface area contributed by atoms with Gasteiger partial charge in [0.05, 0.1) is 31.0 Å². The van der Waals surface area contributed by atoms with Gasteiger partial charge in [-0.2, -0.15) is 0 Å². The second-order valence-corrected chi connectivity index (χ2v) is 7.94. The zero-order valence-corrected chi connectivity index (χ0v) is 19.9. The summed E-state index contributed by atoms with van der Waals surface area (Å²) in [5.41, 5.74) is 8.60. The largest absolute Gasteiger partial charge is 0.481 e. The van der Waals surface area contributed by atoms with Gasteiger partial charge in [-0.3, -0.25) is 0 Å². The molecule has 2 aromatic heterocycles. The fourth-order valence-corrected chi connectivity index (χ4v) is 3.61. The van der Waals surface area contributed by atoms with E-state index in [9.17, 15) is 0 Å². The van der Waals surface area contributed by atoms with E-state index in [-0.39, 0.29) is 0 Å². The van der Waals surface area contributed by atoms with Crippen molar-refractivity contribution in [2.24, 2.45) is 0 Å². The molecule has 0 radical (unpaired) electrons. The number of pyridine rings is 1. The number of nitrogens with one attached hydrogen (secondary N) is 2. The van der Waals surface area contributed by atoms with Crippen LogP contribution in [-0.4, -0.2) is 12.1 Å². The van der Waals surface area contributed by atoms with Gasteiger partial charge < -0.3 is 19.8 Å². The third-order valence-electron chi connectivity index (χ3n) is 5.47. The highest BCUT2D eigenvalue weighted by Crippen LogP contribution is 2.30. The van der Waals surface area contributed by atoms with Gasteiger partial charge in [0.1, 0.15) is 5.82 Å². The summed E-state index contributed by atoms with van der Waals surface area (Å²) in [7, 11) is 1.63. The number of methoxy groups -OCH3 is 1. The SMILES string of the molecule is CC/C=C(C)/C(=C(\NC1=C(C)C=CC(C)=CC1)Nc1ccc(OC)nc1C)c1ccoc1. The van der Waals surface area contributed by atoms with Gasteiger partial charge in [-0.15, -0.1) is 0 Å². The number of aromatic nitrogens is 1. The number of hydrogen-bond acceptors (Lipinski definition) is 5. The minimum Gasteiger partial charge on any atom is -0.481 e. The Bertz CT molecular complexity index is 1100. The average molecular weight is 432 g/mol. The molecule has 0 saturated heterocycles. The maximum Gasteiger partial charge on any atom is 0.213 e. The van der Waals surface area contributed by atoms with Crippen molar-refractivity contribution in [2.45, 2.75) is 47.5 Å². The molecule has 5 nitrogen and oxygen atoms in total. The Balaban J connectivity index is 2.14. The van der Waals surface area contributed by atoms with Crippen LogP contribution in [0.25, 0.3) is 5.57 Å². The summed E-state index contributed by atoms with van der Waals surface area (Å²) in [6, 6.07) is 5.85. The summed E-state index contributed by atoms with van der Waals surface area (Å²) in [5.74, 6) is 1.48. The van der Waals surface area contributed by atoms with Crippen molar-refractivity contribution in [3.8, 4) is 5.88 Å². The van der Waals surface area contributed by atoms with Crippen LogP contribution in [0.15, 0.2) is 87.7 Å². The lowest BCUT2D eigenvalue weighted by molar-refractivity contribution is 0.397. The second kappa shape index (κ2) is 10.7. The van der Waals surface area contributed by atoms with E-state index >= 15 is 0 Å². The minimum atomic E-state index is 0.594. The fraction of sp³-hybridized carbons (Fsp3) is 0.296. The highest BCUT2D eigenvalue weighted by Gasteiger charge is 2.17. The smallest absolute Gasteiger partial charge is 0.213 e. The summed E-state index contributed by atoms with van der Waals surface area (Å²) in [6.07, 6.45) is 14.0. The molecule has 0 unspecified atom stereocenters. The predicted molar refractivity (Wildman–Crippen MR) is 132 cm³/mol. The molecule has 0 atom stereocenters. The first-order valence-electron chi connectivity index (χ1n) is 11.0. The van der Waals surface area contributed by atoms with Crippen LogP contribution in [0.5, 0.6) is 5.88 Å². The van der Waals surface area contributed by atoms with Crippen LogP contribution in [0.2, 0.25) is 0 Å². The molecule has 0 aliphatic heterocycles. The standard InChI is InChI=1S/C27H33N3O2/c1-7-8-20(4)26(22-15-16-32-17-22)27(29-23-12-10-18(2)9-11-19(23)3)30-24-13-14-25(31-6)28-21(24)5/h8-11,13-17,29-30H,7,12H2,1-6H3/b20-8+,27-26-. The molecule has 2 aromatic rings. The Morgan fingerprint density at radius 1 is 1.16 bits per heavy atom. The summed E-state index contributed by atoms with van der Waals surface area (Å²) < 4.78 is 10.7. The van der Waals surface area contributed by atoms with E-state index in [1.807, 2.05) is 25.1 Å². The number of furan rings is 1. The van der Waals surface area contributed by atoms with E-state index < -0.39 is 0 Å². The minimum absolute atomic E-state index is 0.594. The van der Waals surface area contributed by atoms with Gasteiger partial charge in [-0.05, 0) is 57.4 Å². The molecule has 0 amide bonds. The lowest BCUT2D eigenvalue weighted by Crippen LogP contribution is -2.23. The Morgan fingerprint density at radius 3 is 2.62 bits per heavy atom. The lowest BCUT2D eigenvalue weighted by atomic mass is 9.99. The first kappa shape index (κ1) is 23.2. The number of aryl methyl sites for hydroxylation is 1. The average Bonchev–Trinajstić information content (AvgIpc) is 3.25. The lowest BCUT2D eigenvalue weighted by Gasteiger charge is -2.22. The van der Waals surface area contributed by atoms with Crippen LogP contribution < -0.4 is 15.4 Å². The van der Waals surface area contributed by atoms with E-state index in [1.165, 1.54) is 11.1 Å². The zero-order valence-electron chi connectivity index (χ0n) is 19.9. The first-order valence-corrected chi connectivity index (χ1v) is 11.0. The number of rotatable bonds is 8. The molecule has 0 bridgehead atoms. The van der Waals surface area contributed by atoms with Crippen LogP contribution >= 0.6 is 0 Å². The number of allylic oxidation sites excluding steroid dienone is 8. The number of ether oxygens (including phenoxy) is 1. The number of anilines is 1. The molecule has 2 N–H and O–H groups in total. The highest BCUT2D eigenvalue weighted by atomic mass is 16.5. The van der Waals surface area contributed by atoms with E-state index in [0.717, 1.165) is 52.5 Å². The molecule has 0 aromatic carbocycles. The molecule has 1 aliphatic rings. The Morgan fingerprint density at radius 2 is 1.97 bits per heavy atom. The van der Waals surface area contributed by atoms with Gasteiger partial charge in [0.2, 0.25) is 5.88 Å². The quantitative estimate of drug-likeness (QED) is 0.445. The molecular weight excluding hydrogens is 398 g/mol. The number of nitrogens with zero attached hydrogens (tertiary/aromatic N) is 1. The van der Waals surface area contributed by atoms with Gasteiger partial charge in [0.15, 0.2) is 0 Å². The predicted octanol–water partition coefficient (Wildman–Crippen LogP) is 6.90. The van der Waals surface area contributed by atoms with Gasteiger partial charge in [0, 0.05) is 29.3 Å². The van der Waals surface area contributed by atoms with Crippen molar-refractivity contribution in [3.05, 3.63) is 94.5 Å². The molecule has 0 fully saturated rings. The third kappa shape index (κ3) is 5.61. The van der Waals surface area contributed by atoms with E-state index in [4.69, 9.17) is 9.15 Å². The van der Waals surface area contributed by atoms with Gasteiger partial charge in [-0.1, -0.05) is 36.8 Å². The molecule has 0 saturated carbocycles. The van der Waals surface area contributed by atoms with E-state index in [2.05, 4.69) is 67.6 Å². The van der Waals surface area contributed by atoms with Crippen molar-refractivity contribution in [2.75, 3.05) is 12.4 Å². The van der Waals surface area contributed by atoms with Crippen molar-refractivity contribution in [1.29, 1.82) is 0 Å². The van der Waals surface area contributed by atoms with Gasteiger partial charge in [0.25, 0.3) is 0 Å². The molecule has 3 rings (SSSR count). The van der Waals surface area contributed by atoms with Crippen molar-refractivity contribution in [1.82, 2.24) is 10.3 Å². The van der Waals surface area contributed by atoms with Crippen LogP contribution in [0.3, 0.4) is 0 Å². The van der Waals surface area contributed by atoms with E-state index in [1.54, 1.807) is 19.6 Å². The molecule has 2 heterocycles. The zero-order chi connectivity index (χ0) is 23.1. The molecule has 32 heavy (non-hydrogen) atoms. The van der Waals surface area contributed by atoms with Gasteiger partial charge in [-0.25, -0.2) is 4.98 Å². The molecular formula is C27H33N3O2. The molecule has 1 aliphatic carbocycles. The molecule has 5 heteroatoms. The number of hydrogen-bond donors (Lipinski definition) is 2. The van der Waals surface area contributed by atoms with Crippen molar-refractivity contribution < 1.29 is 9.15 Å². The fourth-order valence-electron chi connectivity index (χ4n) is 3.61. The van der Waals surface area contributed by atoms with Gasteiger partial charge >= 0.3 is 0 Å². The highest BCUT2D eigenvalue weighted by molar-refractivity contribution is 5.82. The Kier molecular flexibility index (Phi) is 7.77. The molecule has 168 valence electrons. The van der Waals surface area contributed by atoms with Crippen LogP contribution in [0.1, 0.15) is 51.8 Å². The van der Waals surface area contributed by atoms with Crippen molar-refractivity contribution in [3.63, 3.8) is 0 Å². The van der Waals surface area contributed by atoms with Crippen LogP contribution in [0, 0.1) is 6.92 Å². The van der Waals surface area contributed by atoms with Crippen molar-refractivity contribution >= 4 is 11.3 Å².